The number of rotatable bonds is 6. The molecule has 0 aromatic heterocycles. The molecule has 2 rings (SSSR count). The van der Waals surface area contributed by atoms with E-state index in [2.05, 4.69) is 5.32 Å². The van der Waals surface area contributed by atoms with E-state index in [-0.39, 0.29) is 23.6 Å². The molecular weight excluding hydrogens is 340 g/mol. The number of thioether (sulfide) groups is 1. The topological polar surface area (TPSA) is 86.7 Å². The third-order valence-electron chi connectivity index (χ3n) is 3.93. The van der Waals surface area contributed by atoms with Gasteiger partial charge in [-0.25, -0.2) is 4.79 Å². The molecule has 7 heteroatoms. The van der Waals surface area contributed by atoms with Crippen LogP contribution < -0.4 is 10.2 Å². The predicted octanol–water partition coefficient (Wildman–Crippen LogP) is 2.52. The van der Waals surface area contributed by atoms with Gasteiger partial charge >= 0.3 is 5.97 Å². The number of benzene rings is 1. The minimum absolute atomic E-state index is 0.0164. The van der Waals surface area contributed by atoms with E-state index in [1.165, 1.54) is 16.7 Å². The maximum Gasteiger partial charge on any atom is 0.326 e. The Morgan fingerprint density at radius 2 is 2.00 bits per heavy atom. The summed E-state index contributed by atoms with van der Waals surface area (Å²) >= 11 is 1.44. The lowest BCUT2D eigenvalue weighted by atomic mass is 9.88. The molecule has 0 bridgehead atoms. The van der Waals surface area contributed by atoms with Gasteiger partial charge in [0.1, 0.15) is 12.6 Å². The van der Waals surface area contributed by atoms with Crippen LogP contribution in [0.1, 0.15) is 33.6 Å². The number of aliphatic carboxylic acids is 1. The zero-order chi connectivity index (χ0) is 18.6. The first-order chi connectivity index (χ1) is 11.7. The second-order valence-electron chi connectivity index (χ2n) is 7.29. The fourth-order valence-corrected chi connectivity index (χ4v) is 3.48. The van der Waals surface area contributed by atoms with Crippen LogP contribution in [0.2, 0.25) is 0 Å². The molecular formula is C18H24N2O4S. The largest absolute Gasteiger partial charge is 0.480 e. The predicted molar refractivity (Wildman–Crippen MR) is 97.8 cm³/mol. The maximum atomic E-state index is 12.3. The van der Waals surface area contributed by atoms with Crippen molar-refractivity contribution in [2.45, 2.75) is 44.6 Å². The van der Waals surface area contributed by atoms with Crippen LogP contribution in [0.4, 0.5) is 5.69 Å². The number of para-hydroxylation sites is 1. The average Bonchev–Trinajstić information content (AvgIpc) is 2.53. The summed E-state index contributed by atoms with van der Waals surface area (Å²) in [6, 6.07) is 6.44. The van der Waals surface area contributed by atoms with Crippen LogP contribution in [-0.4, -0.2) is 41.2 Å². The number of carbonyl (C=O) groups is 3. The molecule has 2 N–H and O–H groups in total. The van der Waals surface area contributed by atoms with Crippen molar-refractivity contribution < 1.29 is 19.5 Å². The second-order valence-corrected chi connectivity index (χ2v) is 8.31. The summed E-state index contributed by atoms with van der Waals surface area (Å²) in [5, 5.41) is 11.9. The SMILES string of the molecule is CC(C)(C)CCC(NC(=O)CN1C(=O)CSc2ccccc21)C(=O)O. The highest BCUT2D eigenvalue weighted by Gasteiger charge is 2.28. The van der Waals surface area contributed by atoms with E-state index in [9.17, 15) is 19.5 Å². The van der Waals surface area contributed by atoms with E-state index in [1.54, 1.807) is 6.07 Å². The average molecular weight is 364 g/mol. The van der Waals surface area contributed by atoms with E-state index < -0.39 is 17.9 Å². The van der Waals surface area contributed by atoms with E-state index in [4.69, 9.17) is 0 Å². The van der Waals surface area contributed by atoms with Crippen LogP contribution in [0.5, 0.6) is 0 Å². The first kappa shape index (κ1) is 19.3. The highest BCUT2D eigenvalue weighted by molar-refractivity contribution is 8.00. The number of carboxylic acid groups (broad SMARTS) is 1. The van der Waals surface area contributed by atoms with Gasteiger partial charge in [-0.1, -0.05) is 32.9 Å². The molecule has 0 saturated carbocycles. The van der Waals surface area contributed by atoms with Gasteiger partial charge in [-0.15, -0.1) is 11.8 Å². The lowest BCUT2D eigenvalue weighted by molar-refractivity contribution is -0.142. The van der Waals surface area contributed by atoms with Crippen LogP contribution in [0, 0.1) is 5.41 Å². The maximum absolute atomic E-state index is 12.3. The third kappa shape index (κ3) is 5.49. The second kappa shape index (κ2) is 7.91. The first-order valence-electron chi connectivity index (χ1n) is 8.22. The van der Waals surface area contributed by atoms with Crippen LogP contribution in [-0.2, 0) is 14.4 Å². The normalized spacial score (nSPS) is 15.5. The first-order valence-corrected chi connectivity index (χ1v) is 9.20. The van der Waals surface area contributed by atoms with E-state index in [1.807, 2.05) is 39.0 Å². The number of fused-ring (bicyclic) bond motifs is 1. The Balaban J connectivity index is 2.03. The molecule has 1 aliphatic heterocycles. The zero-order valence-electron chi connectivity index (χ0n) is 14.7. The Morgan fingerprint density at radius 3 is 2.64 bits per heavy atom. The summed E-state index contributed by atoms with van der Waals surface area (Å²) in [6.07, 6.45) is 1.03. The van der Waals surface area contributed by atoms with Gasteiger partial charge in [0.15, 0.2) is 0 Å². The molecule has 1 unspecified atom stereocenters. The Labute approximate surface area is 152 Å². The highest BCUT2D eigenvalue weighted by atomic mass is 32.2. The van der Waals surface area contributed by atoms with Crippen LogP contribution in [0.25, 0.3) is 0 Å². The molecule has 6 nitrogen and oxygen atoms in total. The van der Waals surface area contributed by atoms with Gasteiger partial charge in [0, 0.05) is 4.90 Å². The summed E-state index contributed by atoms with van der Waals surface area (Å²) in [4.78, 5) is 38.3. The van der Waals surface area contributed by atoms with Gasteiger partial charge in [-0.05, 0) is 30.4 Å². The highest BCUT2D eigenvalue weighted by Crippen LogP contribution is 2.34. The molecule has 1 aromatic rings. The van der Waals surface area contributed by atoms with Gasteiger partial charge < -0.3 is 15.3 Å². The van der Waals surface area contributed by atoms with Crippen molar-refractivity contribution in [1.82, 2.24) is 5.32 Å². The third-order valence-corrected chi connectivity index (χ3v) is 4.97. The van der Waals surface area contributed by atoms with Crippen molar-refractivity contribution in [3.8, 4) is 0 Å². The summed E-state index contributed by atoms with van der Waals surface area (Å²) in [6.45, 7) is 5.90. The number of nitrogens with zero attached hydrogens (tertiary/aromatic N) is 1. The number of anilines is 1. The van der Waals surface area contributed by atoms with Gasteiger partial charge in [0.25, 0.3) is 0 Å². The fraction of sp³-hybridized carbons (Fsp3) is 0.500. The van der Waals surface area contributed by atoms with Crippen molar-refractivity contribution in [3.63, 3.8) is 0 Å². The summed E-state index contributed by atoms with van der Waals surface area (Å²) < 4.78 is 0. The van der Waals surface area contributed by atoms with E-state index >= 15 is 0 Å². The minimum atomic E-state index is -1.06. The molecule has 2 amide bonds. The zero-order valence-corrected chi connectivity index (χ0v) is 15.6. The lowest BCUT2D eigenvalue weighted by Gasteiger charge is -2.29. The van der Waals surface area contributed by atoms with Crippen molar-refractivity contribution in [3.05, 3.63) is 24.3 Å². The number of hydrogen-bond donors (Lipinski definition) is 2. The standard InChI is InChI=1S/C18H24N2O4S/c1-18(2,3)9-8-12(17(23)24)19-15(21)10-20-13-6-4-5-7-14(13)25-11-16(20)22/h4-7,12H,8-11H2,1-3H3,(H,19,21)(H,23,24). The van der Waals surface area contributed by atoms with Gasteiger partial charge in [0.2, 0.25) is 11.8 Å². The summed E-state index contributed by atoms with van der Waals surface area (Å²) in [5.74, 6) is -1.40. The Hall–Kier alpha value is -2.02. The molecule has 0 fully saturated rings. The van der Waals surface area contributed by atoms with Gasteiger partial charge in [0.05, 0.1) is 11.4 Å². The van der Waals surface area contributed by atoms with Gasteiger partial charge in [-0.3, -0.25) is 9.59 Å². The van der Waals surface area contributed by atoms with Crippen LogP contribution in [0.3, 0.4) is 0 Å². The Morgan fingerprint density at radius 1 is 1.32 bits per heavy atom. The summed E-state index contributed by atoms with van der Waals surface area (Å²) in [7, 11) is 0. The molecule has 0 radical (unpaired) electrons. The smallest absolute Gasteiger partial charge is 0.326 e. The number of hydrogen-bond acceptors (Lipinski definition) is 4. The van der Waals surface area contributed by atoms with Gasteiger partial charge in [-0.2, -0.15) is 0 Å². The van der Waals surface area contributed by atoms with E-state index in [0.29, 0.717) is 18.5 Å². The fourth-order valence-electron chi connectivity index (χ4n) is 2.55. The monoisotopic (exact) mass is 364 g/mol. The minimum Gasteiger partial charge on any atom is -0.480 e. The van der Waals surface area contributed by atoms with Crippen molar-refractivity contribution in [1.29, 1.82) is 0 Å². The van der Waals surface area contributed by atoms with E-state index in [0.717, 1.165) is 4.90 Å². The molecule has 1 atom stereocenters. The van der Waals surface area contributed by atoms with Crippen molar-refractivity contribution >= 4 is 35.2 Å². The summed E-state index contributed by atoms with van der Waals surface area (Å²) in [5.41, 5.74) is 0.678. The number of amides is 2. The molecule has 0 spiro atoms. The number of nitrogens with one attached hydrogen (secondary N) is 1. The van der Waals surface area contributed by atoms with Crippen molar-refractivity contribution in [2.24, 2.45) is 5.41 Å². The Bertz CT molecular complexity index is 669. The molecule has 1 aliphatic rings. The quantitative estimate of drug-likeness (QED) is 0.810. The van der Waals surface area contributed by atoms with Crippen LogP contribution in [0.15, 0.2) is 29.2 Å². The molecule has 1 heterocycles. The Kier molecular flexibility index (Phi) is 6.11. The molecule has 1 aromatic carbocycles. The van der Waals surface area contributed by atoms with Crippen molar-refractivity contribution in [2.75, 3.05) is 17.2 Å². The number of carboxylic acids is 1. The molecule has 25 heavy (non-hydrogen) atoms. The van der Waals surface area contributed by atoms with Crippen LogP contribution >= 0.6 is 11.8 Å². The number of carbonyl (C=O) groups excluding carboxylic acids is 2. The molecule has 136 valence electrons. The lowest BCUT2D eigenvalue weighted by Crippen LogP contribution is -2.48. The molecule has 0 saturated heterocycles. The molecule has 0 aliphatic carbocycles.